The number of hydrogen-bond donors (Lipinski definition) is 4. The van der Waals surface area contributed by atoms with Crippen molar-refractivity contribution >= 4 is 22.5 Å². The molecule has 0 bridgehead atoms. The van der Waals surface area contributed by atoms with E-state index in [1.165, 1.54) is 19.3 Å². The fourth-order valence-corrected chi connectivity index (χ4v) is 4.64. The van der Waals surface area contributed by atoms with Crippen molar-refractivity contribution in [3.05, 3.63) is 47.0 Å². The van der Waals surface area contributed by atoms with Crippen molar-refractivity contribution in [3.8, 4) is 11.5 Å². The van der Waals surface area contributed by atoms with Gasteiger partial charge in [0.1, 0.15) is 18.1 Å². The molecular formula is C26H33N3O4. The molecule has 1 heterocycles. The van der Waals surface area contributed by atoms with Gasteiger partial charge in [-0.2, -0.15) is 5.10 Å². The maximum Gasteiger partial charge on any atom is 0.166 e. The Kier molecular flexibility index (Phi) is 7.50. The molecule has 0 aliphatic heterocycles. The Bertz CT molecular complexity index is 1100. The summed E-state index contributed by atoms with van der Waals surface area (Å²) in [5, 5.41) is 31.2. The highest BCUT2D eigenvalue weighted by molar-refractivity contribution is 6.04. The number of carbonyl (C=O) groups is 1. The number of H-pyrrole nitrogens is 1. The second kappa shape index (κ2) is 10.7. The normalized spacial score (nSPS) is 14.5. The molecule has 0 saturated heterocycles. The summed E-state index contributed by atoms with van der Waals surface area (Å²) in [7, 11) is 0. The number of phenols is 1. The number of ketones is 1. The van der Waals surface area contributed by atoms with Gasteiger partial charge < -0.3 is 20.3 Å². The number of ether oxygens (including phenoxy) is 1. The van der Waals surface area contributed by atoms with Crippen LogP contribution in [-0.2, 0) is 12.8 Å². The molecule has 0 radical (unpaired) electrons. The summed E-state index contributed by atoms with van der Waals surface area (Å²) in [6, 6.07) is 9.56. The van der Waals surface area contributed by atoms with Crippen LogP contribution in [0.5, 0.6) is 11.5 Å². The van der Waals surface area contributed by atoms with E-state index in [2.05, 4.69) is 22.4 Å². The van der Waals surface area contributed by atoms with Gasteiger partial charge in [0.25, 0.3) is 0 Å². The summed E-state index contributed by atoms with van der Waals surface area (Å²) in [6.45, 7) is 2.30. The van der Waals surface area contributed by atoms with E-state index in [0.29, 0.717) is 30.0 Å². The van der Waals surface area contributed by atoms with Crippen LogP contribution >= 0.6 is 0 Å². The van der Waals surface area contributed by atoms with Crippen LogP contribution in [0.15, 0.2) is 30.3 Å². The van der Waals surface area contributed by atoms with E-state index >= 15 is 0 Å². The van der Waals surface area contributed by atoms with Gasteiger partial charge in [-0.15, -0.1) is 0 Å². The number of carbonyl (C=O) groups excluding carboxylic acids is 1. The highest BCUT2D eigenvalue weighted by Gasteiger charge is 2.19. The number of nitrogens with zero attached hydrogens (tertiary/aromatic N) is 1. The lowest BCUT2D eigenvalue weighted by Gasteiger charge is -2.22. The Hall–Kier alpha value is -3.06. The zero-order chi connectivity index (χ0) is 23.2. The SMILES string of the molecule is CCc1cc(OCCO)ccc1CCC(=O)c1cc2c(NC3CCCCC3)n[nH]c2cc1O. The van der Waals surface area contributed by atoms with E-state index < -0.39 is 0 Å². The van der Waals surface area contributed by atoms with Crippen LogP contribution in [0.2, 0.25) is 0 Å². The average Bonchev–Trinajstić information content (AvgIpc) is 3.22. The number of rotatable bonds is 10. The van der Waals surface area contributed by atoms with E-state index in [1.54, 1.807) is 12.1 Å². The highest BCUT2D eigenvalue weighted by Crippen LogP contribution is 2.31. The number of aromatic amines is 1. The van der Waals surface area contributed by atoms with E-state index in [4.69, 9.17) is 9.84 Å². The molecule has 7 nitrogen and oxygen atoms in total. The van der Waals surface area contributed by atoms with Crippen molar-refractivity contribution in [3.63, 3.8) is 0 Å². The number of aliphatic hydroxyl groups excluding tert-OH is 1. The quantitative estimate of drug-likeness (QED) is 0.331. The van der Waals surface area contributed by atoms with Crippen LogP contribution in [0.3, 0.4) is 0 Å². The smallest absolute Gasteiger partial charge is 0.166 e. The molecule has 0 unspecified atom stereocenters. The Morgan fingerprint density at radius 2 is 2.00 bits per heavy atom. The number of aryl methyl sites for hydroxylation is 2. The molecule has 0 amide bonds. The molecule has 1 saturated carbocycles. The molecule has 0 spiro atoms. The average molecular weight is 452 g/mol. The van der Waals surface area contributed by atoms with Crippen molar-refractivity contribution in [1.29, 1.82) is 0 Å². The fraction of sp³-hybridized carbons (Fsp3) is 0.462. The molecule has 2 aromatic carbocycles. The molecule has 7 heteroatoms. The van der Waals surface area contributed by atoms with E-state index in [0.717, 1.165) is 47.3 Å². The third-order valence-electron chi connectivity index (χ3n) is 6.47. The Balaban J connectivity index is 1.48. The highest BCUT2D eigenvalue weighted by atomic mass is 16.5. The standard InChI is InChI=1S/C26H33N3O4/c1-2-17-14-20(33-13-12-30)10-8-18(17)9-11-24(31)22-15-21-23(16-25(22)32)28-29-26(21)27-19-6-4-3-5-7-19/h8,10,14-16,19,30,32H,2-7,9,11-13H2,1H3,(H2,27,28,29). The number of aromatic hydroxyl groups is 1. The van der Waals surface area contributed by atoms with Crippen molar-refractivity contribution in [2.75, 3.05) is 18.5 Å². The predicted molar refractivity (Wildman–Crippen MR) is 129 cm³/mol. The number of Topliss-reactive ketones (excluding diaryl/α,β-unsaturated/α-hetero) is 1. The summed E-state index contributed by atoms with van der Waals surface area (Å²) in [6.07, 6.45) is 7.68. The molecule has 176 valence electrons. The first-order valence-electron chi connectivity index (χ1n) is 11.9. The van der Waals surface area contributed by atoms with Gasteiger partial charge in [-0.05, 0) is 55.0 Å². The van der Waals surface area contributed by atoms with Crippen molar-refractivity contribution in [1.82, 2.24) is 10.2 Å². The van der Waals surface area contributed by atoms with E-state index in [-0.39, 0.29) is 24.7 Å². The van der Waals surface area contributed by atoms with Crippen molar-refractivity contribution < 1.29 is 19.7 Å². The first-order valence-corrected chi connectivity index (χ1v) is 11.9. The molecule has 33 heavy (non-hydrogen) atoms. The van der Waals surface area contributed by atoms with Crippen LogP contribution in [0.1, 0.15) is 66.9 Å². The fourth-order valence-electron chi connectivity index (χ4n) is 4.64. The van der Waals surface area contributed by atoms with Crippen LogP contribution in [0, 0.1) is 0 Å². The van der Waals surface area contributed by atoms with Gasteiger partial charge in [-0.25, -0.2) is 0 Å². The van der Waals surface area contributed by atoms with Gasteiger partial charge in [-0.1, -0.05) is 32.3 Å². The second-order valence-corrected chi connectivity index (χ2v) is 8.75. The van der Waals surface area contributed by atoms with Crippen LogP contribution in [0.4, 0.5) is 5.82 Å². The van der Waals surface area contributed by atoms with Gasteiger partial charge in [0, 0.05) is 23.9 Å². The summed E-state index contributed by atoms with van der Waals surface area (Å²) in [4.78, 5) is 13.1. The lowest BCUT2D eigenvalue weighted by atomic mass is 9.95. The van der Waals surface area contributed by atoms with Gasteiger partial charge >= 0.3 is 0 Å². The number of hydrogen-bond acceptors (Lipinski definition) is 6. The number of nitrogens with one attached hydrogen (secondary N) is 2. The molecular weight excluding hydrogens is 418 g/mol. The number of aromatic nitrogens is 2. The summed E-state index contributed by atoms with van der Waals surface area (Å²) in [5.41, 5.74) is 3.25. The first kappa shape index (κ1) is 23.1. The van der Waals surface area contributed by atoms with Gasteiger partial charge in [-0.3, -0.25) is 9.89 Å². The Morgan fingerprint density at radius 1 is 1.18 bits per heavy atom. The number of phenolic OH excluding ortho intramolecular Hbond substituents is 1. The van der Waals surface area contributed by atoms with E-state index in [9.17, 15) is 9.90 Å². The minimum Gasteiger partial charge on any atom is -0.507 e. The maximum absolute atomic E-state index is 13.1. The molecule has 1 aromatic heterocycles. The molecule has 0 atom stereocenters. The molecule has 3 aromatic rings. The maximum atomic E-state index is 13.1. The predicted octanol–water partition coefficient (Wildman–Crippen LogP) is 4.76. The minimum absolute atomic E-state index is 0.0242. The number of anilines is 1. The second-order valence-electron chi connectivity index (χ2n) is 8.75. The third-order valence-corrected chi connectivity index (χ3v) is 6.47. The molecule has 1 aliphatic carbocycles. The van der Waals surface area contributed by atoms with Gasteiger partial charge in [0.15, 0.2) is 11.6 Å². The monoisotopic (exact) mass is 451 g/mol. The van der Waals surface area contributed by atoms with E-state index in [1.807, 2.05) is 18.2 Å². The molecule has 4 rings (SSSR count). The van der Waals surface area contributed by atoms with Gasteiger partial charge in [0.05, 0.1) is 17.7 Å². The van der Waals surface area contributed by atoms with Crippen molar-refractivity contribution in [2.45, 2.75) is 64.3 Å². The third kappa shape index (κ3) is 5.47. The number of benzene rings is 2. The van der Waals surface area contributed by atoms with Crippen molar-refractivity contribution in [2.24, 2.45) is 0 Å². The lowest BCUT2D eigenvalue weighted by molar-refractivity contribution is 0.0980. The van der Waals surface area contributed by atoms with Gasteiger partial charge in [0.2, 0.25) is 0 Å². The number of aliphatic hydroxyl groups is 1. The van der Waals surface area contributed by atoms with Crippen LogP contribution in [-0.4, -0.2) is 45.4 Å². The summed E-state index contributed by atoms with van der Waals surface area (Å²) >= 11 is 0. The largest absolute Gasteiger partial charge is 0.507 e. The zero-order valence-corrected chi connectivity index (χ0v) is 19.2. The zero-order valence-electron chi connectivity index (χ0n) is 19.2. The van der Waals surface area contributed by atoms with Crippen LogP contribution < -0.4 is 10.1 Å². The lowest BCUT2D eigenvalue weighted by Crippen LogP contribution is -2.22. The number of fused-ring (bicyclic) bond motifs is 1. The Labute approximate surface area is 194 Å². The Morgan fingerprint density at radius 3 is 2.76 bits per heavy atom. The topological polar surface area (TPSA) is 107 Å². The summed E-state index contributed by atoms with van der Waals surface area (Å²) in [5.74, 6) is 1.35. The molecule has 1 aliphatic rings. The molecule has 4 N–H and O–H groups in total. The summed E-state index contributed by atoms with van der Waals surface area (Å²) < 4.78 is 5.50. The van der Waals surface area contributed by atoms with Crippen LogP contribution in [0.25, 0.3) is 10.9 Å². The minimum atomic E-state index is -0.0955. The first-order chi connectivity index (χ1) is 16.1. The molecule has 1 fully saturated rings.